The molecule has 2 rings (SSSR count). The van der Waals surface area contributed by atoms with Crippen LogP contribution in [-0.4, -0.2) is 30.4 Å². The zero-order valence-electron chi connectivity index (χ0n) is 12.3. The van der Waals surface area contributed by atoms with Gasteiger partial charge in [-0.1, -0.05) is 6.08 Å². The molecule has 1 heterocycles. The van der Waals surface area contributed by atoms with Crippen molar-refractivity contribution in [3.8, 4) is 11.5 Å². The molecule has 21 heavy (non-hydrogen) atoms. The van der Waals surface area contributed by atoms with E-state index >= 15 is 0 Å². The Morgan fingerprint density at radius 1 is 1.52 bits per heavy atom. The van der Waals surface area contributed by atoms with Crippen molar-refractivity contribution < 1.29 is 19.1 Å². The third-order valence-corrected chi connectivity index (χ3v) is 3.04. The number of rotatable bonds is 5. The van der Waals surface area contributed by atoms with E-state index in [1.165, 1.54) is 0 Å². The average molecular weight is 289 g/mol. The second kappa shape index (κ2) is 5.99. The summed E-state index contributed by atoms with van der Waals surface area (Å²) in [7, 11) is 0. The molecular formula is C16H19NO4. The molecule has 112 valence electrons. The van der Waals surface area contributed by atoms with E-state index in [0.29, 0.717) is 30.0 Å². The van der Waals surface area contributed by atoms with Gasteiger partial charge >= 0.3 is 0 Å². The first-order valence-electron chi connectivity index (χ1n) is 6.78. The Labute approximate surface area is 123 Å². The number of fused-ring (bicyclic) bond motifs is 1. The summed E-state index contributed by atoms with van der Waals surface area (Å²) < 4.78 is 11.2. The van der Waals surface area contributed by atoms with Crippen molar-refractivity contribution >= 4 is 11.7 Å². The van der Waals surface area contributed by atoms with Crippen molar-refractivity contribution in [3.63, 3.8) is 0 Å². The summed E-state index contributed by atoms with van der Waals surface area (Å²) in [6, 6.07) is 4.98. The van der Waals surface area contributed by atoms with E-state index in [9.17, 15) is 9.59 Å². The van der Waals surface area contributed by atoms with Gasteiger partial charge in [0, 0.05) is 12.6 Å². The van der Waals surface area contributed by atoms with Gasteiger partial charge in [0.15, 0.2) is 12.4 Å². The van der Waals surface area contributed by atoms with Crippen LogP contribution in [0.1, 0.15) is 30.6 Å². The van der Waals surface area contributed by atoms with Crippen molar-refractivity contribution in [1.29, 1.82) is 0 Å². The molecule has 0 fully saturated rings. The number of Topliss-reactive ketones (excluding diaryl/α,β-unsaturated/α-hetero) is 1. The fourth-order valence-corrected chi connectivity index (χ4v) is 2.11. The number of amides is 1. The normalized spacial score (nSPS) is 15.6. The highest BCUT2D eigenvalue weighted by Gasteiger charge is 2.32. The molecule has 1 aliphatic rings. The van der Waals surface area contributed by atoms with Crippen LogP contribution in [0.5, 0.6) is 11.5 Å². The molecule has 1 aromatic rings. The number of ether oxygens (including phenoxy) is 2. The van der Waals surface area contributed by atoms with Gasteiger partial charge in [0.1, 0.15) is 17.1 Å². The number of hydrogen-bond donors (Lipinski definition) is 1. The van der Waals surface area contributed by atoms with Crippen molar-refractivity contribution in [2.75, 3.05) is 13.2 Å². The van der Waals surface area contributed by atoms with Crippen molar-refractivity contribution in [3.05, 3.63) is 36.4 Å². The topological polar surface area (TPSA) is 64.6 Å². The standard InChI is InChI=1S/C16H19NO4/c1-4-7-17-15(19)10-20-11-5-6-12-13(18)9-16(2,3)21-14(12)8-11/h4-6,8H,1,7,9-10H2,2-3H3,(H,17,19). The molecule has 0 saturated heterocycles. The van der Waals surface area contributed by atoms with Crippen LogP contribution in [0.4, 0.5) is 0 Å². The van der Waals surface area contributed by atoms with Gasteiger partial charge in [0.05, 0.1) is 12.0 Å². The Kier molecular flexibility index (Phi) is 4.31. The van der Waals surface area contributed by atoms with Crippen LogP contribution in [0.15, 0.2) is 30.9 Å². The van der Waals surface area contributed by atoms with Crippen LogP contribution < -0.4 is 14.8 Å². The number of ketones is 1. The zero-order chi connectivity index (χ0) is 15.5. The lowest BCUT2D eigenvalue weighted by molar-refractivity contribution is -0.122. The molecule has 0 unspecified atom stereocenters. The summed E-state index contributed by atoms with van der Waals surface area (Å²) in [6.45, 7) is 7.55. The van der Waals surface area contributed by atoms with E-state index in [2.05, 4.69) is 11.9 Å². The van der Waals surface area contributed by atoms with E-state index < -0.39 is 5.60 Å². The molecule has 5 nitrogen and oxygen atoms in total. The molecule has 1 N–H and O–H groups in total. The predicted molar refractivity (Wildman–Crippen MR) is 78.8 cm³/mol. The lowest BCUT2D eigenvalue weighted by Crippen LogP contribution is -2.35. The molecule has 0 aliphatic carbocycles. The van der Waals surface area contributed by atoms with Gasteiger partial charge in [0.2, 0.25) is 0 Å². The smallest absolute Gasteiger partial charge is 0.258 e. The summed E-state index contributed by atoms with van der Waals surface area (Å²) >= 11 is 0. The Bertz CT molecular complexity index is 578. The minimum atomic E-state index is -0.524. The zero-order valence-corrected chi connectivity index (χ0v) is 12.3. The van der Waals surface area contributed by atoms with Crippen LogP contribution in [0.2, 0.25) is 0 Å². The van der Waals surface area contributed by atoms with E-state index in [0.717, 1.165) is 0 Å². The Morgan fingerprint density at radius 3 is 3.00 bits per heavy atom. The van der Waals surface area contributed by atoms with E-state index in [1.807, 2.05) is 13.8 Å². The first kappa shape index (κ1) is 15.1. The van der Waals surface area contributed by atoms with Crippen molar-refractivity contribution in [2.45, 2.75) is 25.9 Å². The number of nitrogens with one attached hydrogen (secondary N) is 1. The van der Waals surface area contributed by atoms with Crippen molar-refractivity contribution in [2.24, 2.45) is 0 Å². The first-order chi connectivity index (χ1) is 9.91. The molecule has 0 aromatic heterocycles. The summed E-state index contributed by atoms with van der Waals surface area (Å²) in [4.78, 5) is 23.5. The third kappa shape index (κ3) is 3.84. The summed E-state index contributed by atoms with van der Waals surface area (Å²) in [5.74, 6) is 0.815. The lowest BCUT2D eigenvalue weighted by Gasteiger charge is -2.31. The number of hydrogen-bond acceptors (Lipinski definition) is 4. The second-order valence-corrected chi connectivity index (χ2v) is 5.50. The molecule has 0 atom stereocenters. The van der Waals surface area contributed by atoms with Crippen LogP contribution in [0, 0.1) is 0 Å². The Morgan fingerprint density at radius 2 is 2.29 bits per heavy atom. The van der Waals surface area contributed by atoms with E-state index in [1.54, 1.807) is 24.3 Å². The molecule has 1 aromatic carbocycles. The maximum atomic E-state index is 12.0. The van der Waals surface area contributed by atoms with E-state index in [-0.39, 0.29) is 18.3 Å². The maximum absolute atomic E-state index is 12.0. The fraction of sp³-hybridized carbons (Fsp3) is 0.375. The van der Waals surface area contributed by atoms with Gasteiger partial charge in [-0.25, -0.2) is 0 Å². The molecule has 0 saturated carbocycles. The highest BCUT2D eigenvalue weighted by atomic mass is 16.5. The molecule has 0 spiro atoms. The second-order valence-electron chi connectivity index (χ2n) is 5.50. The van der Waals surface area contributed by atoms with Gasteiger partial charge < -0.3 is 14.8 Å². The Hall–Kier alpha value is -2.30. The lowest BCUT2D eigenvalue weighted by atomic mass is 9.93. The number of carbonyl (C=O) groups is 2. The quantitative estimate of drug-likeness (QED) is 0.843. The molecule has 1 aliphatic heterocycles. The number of benzene rings is 1. The van der Waals surface area contributed by atoms with Gasteiger partial charge in [-0.15, -0.1) is 6.58 Å². The summed E-state index contributed by atoms with van der Waals surface area (Å²) in [6.07, 6.45) is 1.95. The van der Waals surface area contributed by atoms with Gasteiger partial charge in [-0.3, -0.25) is 9.59 Å². The van der Waals surface area contributed by atoms with Crippen LogP contribution in [0.25, 0.3) is 0 Å². The van der Waals surface area contributed by atoms with Crippen LogP contribution >= 0.6 is 0 Å². The highest BCUT2D eigenvalue weighted by Crippen LogP contribution is 2.35. The number of carbonyl (C=O) groups excluding carboxylic acids is 2. The first-order valence-corrected chi connectivity index (χ1v) is 6.78. The highest BCUT2D eigenvalue weighted by molar-refractivity contribution is 6.00. The van der Waals surface area contributed by atoms with Gasteiger partial charge in [-0.2, -0.15) is 0 Å². The minimum absolute atomic E-state index is 0.0523. The third-order valence-electron chi connectivity index (χ3n) is 3.04. The van der Waals surface area contributed by atoms with Crippen LogP contribution in [-0.2, 0) is 4.79 Å². The van der Waals surface area contributed by atoms with Gasteiger partial charge in [-0.05, 0) is 26.0 Å². The minimum Gasteiger partial charge on any atom is -0.486 e. The monoisotopic (exact) mass is 289 g/mol. The molecule has 0 bridgehead atoms. The van der Waals surface area contributed by atoms with Gasteiger partial charge in [0.25, 0.3) is 5.91 Å². The predicted octanol–water partition coefficient (Wildman–Crippen LogP) is 2.11. The Balaban J connectivity index is 2.05. The maximum Gasteiger partial charge on any atom is 0.258 e. The molecule has 5 heteroatoms. The fourth-order valence-electron chi connectivity index (χ4n) is 2.11. The van der Waals surface area contributed by atoms with E-state index in [4.69, 9.17) is 9.47 Å². The summed E-state index contributed by atoms with van der Waals surface area (Å²) in [5.41, 5.74) is 0.0297. The van der Waals surface area contributed by atoms with Crippen molar-refractivity contribution in [1.82, 2.24) is 5.32 Å². The summed E-state index contributed by atoms with van der Waals surface area (Å²) in [5, 5.41) is 2.62. The average Bonchev–Trinajstić information content (AvgIpc) is 2.41. The SMILES string of the molecule is C=CCNC(=O)COc1ccc2c(c1)OC(C)(C)CC2=O. The molecular weight excluding hydrogens is 270 g/mol. The molecule has 1 amide bonds. The largest absolute Gasteiger partial charge is 0.486 e. The molecule has 0 radical (unpaired) electrons. The van der Waals surface area contributed by atoms with Crippen LogP contribution in [0.3, 0.4) is 0 Å².